The average Bonchev–Trinajstić information content (AvgIpc) is 2.46. The summed E-state index contributed by atoms with van der Waals surface area (Å²) in [7, 11) is 1.58. The maximum Gasteiger partial charge on any atom is 0.162 e. The summed E-state index contributed by atoms with van der Waals surface area (Å²) < 4.78 is 5.20. The summed E-state index contributed by atoms with van der Waals surface area (Å²) in [6.07, 6.45) is 4.62. The molecule has 19 heavy (non-hydrogen) atoms. The first-order valence-corrected chi connectivity index (χ1v) is 7.08. The van der Waals surface area contributed by atoms with Crippen molar-refractivity contribution in [3.8, 4) is 11.5 Å². The van der Waals surface area contributed by atoms with Gasteiger partial charge in [0.25, 0.3) is 0 Å². The first-order chi connectivity index (χ1) is 9.27. The zero-order valence-electron chi connectivity index (χ0n) is 11.6. The Morgan fingerprint density at radius 3 is 2.68 bits per heavy atom. The Labute approximate surface area is 115 Å². The molecule has 0 amide bonds. The van der Waals surface area contributed by atoms with Crippen molar-refractivity contribution < 1.29 is 9.84 Å². The van der Waals surface area contributed by atoms with E-state index in [1.807, 2.05) is 12.1 Å². The number of para-hydroxylation sites is 1. The number of aromatic hydroxyl groups is 1. The molecule has 1 aliphatic rings. The second-order valence-corrected chi connectivity index (χ2v) is 5.09. The van der Waals surface area contributed by atoms with Gasteiger partial charge in [-0.05, 0) is 45.0 Å². The van der Waals surface area contributed by atoms with Crippen LogP contribution in [0.15, 0.2) is 18.2 Å². The molecular weight excluding hydrogens is 240 g/mol. The van der Waals surface area contributed by atoms with Crippen LogP contribution in [0.25, 0.3) is 0 Å². The van der Waals surface area contributed by atoms with E-state index < -0.39 is 0 Å². The summed E-state index contributed by atoms with van der Waals surface area (Å²) in [5, 5.41) is 10.3. The van der Waals surface area contributed by atoms with Gasteiger partial charge in [-0.1, -0.05) is 18.6 Å². The van der Waals surface area contributed by atoms with Gasteiger partial charge in [-0.2, -0.15) is 0 Å². The lowest BCUT2D eigenvalue weighted by Crippen LogP contribution is -2.34. The number of methoxy groups -OCH3 is 1. The highest BCUT2D eigenvalue weighted by atomic mass is 16.5. The minimum Gasteiger partial charge on any atom is -0.504 e. The van der Waals surface area contributed by atoms with Crippen molar-refractivity contribution >= 4 is 0 Å². The van der Waals surface area contributed by atoms with Crippen LogP contribution in [0, 0.1) is 0 Å². The number of rotatable bonds is 5. The number of phenolic OH excluding ortho intramolecular Hbond substituents is 1. The molecule has 1 aromatic carbocycles. The fourth-order valence-corrected chi connectivity index (χ4v) is 2.90. The topological polar surface area (TPSA) is 58.7 Å². The molecule has 0 spiro atoms. The monoisotopic (exact) mass is 264 g/mol. The Balaban J connectivity index is 2.27. The highest BCUT2D eigenvalue weighted by molar-refractivity contribution is 5.46. The van der Waals surface area contributed by atoms with Crippen molar-refractivity contribution in [3.63, 3.8) is 0 Å². The molecule has 106 valence electrons. The summed E-state index contributed by atoms with van der Waals surface area (Å²) in [6.45, 7) is 2.79. The Morgan fingerprint density at radius 2 is 2.05 bits per heavy atom. The third kappa shape index (κ3) is 3.19. The Morgan fingerprint density at radius 1 is 1.32 bits per heavy atom. The zero-order valence-corrected chi connectivity index (χ0v) is 11.6. The van der Waals surface area contributed by atoms with Gasteiger partial charge < -0.3 is 15.6 Å². The van der Waals surface area contributed by atoms with Crippen LogP contribution in [-0.2, 0) is 0 Å². The molecule has 0 aromatic heterocycles. The summed E-state index contributed by atoms with van der Waals surface area (Å²) in [5.74, 6) is 0.797. The largest absolute Gasteiger partial charge is 0.504 e. The molecule has 1 fully saturated rings. The number of phenols is 1. The first-order valence-electron chi connectivity index (χ1n) is 7.08. The summed E-state index contributed by atoms with van der Waals surface area (Å²) >= 11 is 0. The molecule has 1 heterocycles. The Bertz CT molecular complexity index is 403. The lowest BCUT2D eigenvalue weighted by molar-refractivity contribution is 0.154. The van der Waals surface area contributed by atoms with Crippen LogP contribution in [0.4, 0.5) is 0 Å². The van der Waals surface area contributed by atoms with E-state index in [4.69, 9.17) is 10.5 Å². The smallest absolute Gasteiger partial charge is 0.162 e. The predicted molar refractivity (Wildman–Crippen MR) is 76.5 cm³/mol. The molecule has 1 unspecified atom stereocenters. The molecule has 0 aliphatic carbocycles. The molecule has 0 bridgehead atoms. The molecule has 1 aliphatic heterocycles. The van der Waals surface area contributed by atoms with E-state index in [0.29, 0.717) is 12.3 Å². The van der Waals surface area contributed by atoms with E-state index >= 15 is 0 Å². The van der Waals surface area contributed by atoms with Crippen molar-refractivity contribution in [1.82, 2.24) is 4.90 Å². The predicted octanol–water partition coefficient (Wildman–Crippen LogP) is 2.28. The van der Waals surface area contributed by atoms with Crippen molar-refractivity contribution in [2.45, 2.75) is 31.7 Å². The molecule has 1 atom stereocenters. The highest BCUT2D eigenvalue weighted by Gasteiger charge is 2.24. The first kappa shape index (κ1) is 14.2. The number of ether oxygens (including phenoxy) is 1. The van der Waals surface area contributed by atoms with E-state index in [1.54, 1.807) is 13.2 Å². The maximum atomic E-state index is 10.3. The fourth-order valence-electron chi connectivity index (χ4n) is 2.90. The van der Waals surface area contributed by atoms with Crippen LogP contribution >= 0.6 is 0 Å². The van der Waals surface area contributed by atoms with E-state index in [-0.39, 0.29) is 11.8 Å². The van der Waals surface area contributed by atoms with Gasteiger partial charge in [0.1, 0.15) is 0 Å². The van der Waals surface area contributed by atoms with E-state index in [0.717, 1.165) is 25.1 Å². The second kappa shape index (κ2) is 6.78. The molecule has 0 saturated carbocycles. The number of likely N-dealkylation sites (tertiary alicyclic amines) is 1. The van der Waals surface area contributed by atoms with Crippen LogP contribution in [0.5, 0.6) is 11.5 Å². The van der Waals surface area contributed by atoms with Gasteiger partial charge in [-0.3, -0.25) is 4.90 Å². The molecule has 4 heteroatoms. The quantitative estimate of drug-likeness (QED) is 0.856. The van der Waals surface area contributed by atoms with Crippen molar-refractivity contribution in [2.75, 3.05) is 26.7 Å². The molecule has 0 radical (unpaired) electrons. The highest BCUT2D eigenvalue weighted by Crippen LogP contribution is 2.38. The SMILES string of the molecule is COc1cccc(C(CCN)N2CCCCC2)c1O. The molecule has 2 rings (SSSR count). The summed E-state index contributed by atoms with van der Waals surface area (Å²) in [5.41, 5.74) is 6.69. The summed E-state index contributed by atoms with van der Waals surface area (Å²) in [4.78, 5) is 2.44. The molecule has 3 N–H and O–H groups in total. The standard InChI is InChI=1S/C15H24N2O2/c1-19-14-7-5-6-12(15(14)18)13(8-9-16)17-10-3-2-4-11-17/h5-7,13,18H,2-4,8-11,16H2,1H3. The minimum absolute atomic E-state index is 0.195. The number of piperidine rings is 1. The average molecular weight is 264 g/mol. The second-order valence-electron chi connectivity index (χ2n) is 5.09. The van der Waals surface area contributed by atoms with Gasteiger partial charge in [0.2, 0.25) is 0 Å². The molecule has 1 saturated heterocycles. The van der Waals surface area contributed by atoms with Crippen molar-refractivity contribution in [2.24, 2.45) is 5.73 Å². The minimum atomic E-state index is 0.195. The maximum absolute atomic E-state index is 10.3. The van der Waals surface area contributed by atoms with Gasteiger partial charge in [-0.25, -0.2) is 0 Å². The fraction of sp³-hybridized carbons (Fsp3) is 0.600. The molecular formula is C15H24N2O2. The normalized spacial score (nSPS) is 18.2. The number of hydrogen-bond acceptors (Lipinski definition) is 4. The van der Waals surface area contributed by atoms with E-state index in [2.05, 4.69) is 4.90 Å². The number of hydrogen-bond donors (Lipinski definition) is 2. The Hall–Kier alpha value is -1.26. The van der Waals surface area contributed by atoms with Crippen LogP contribution < -0.4 is 10.5 Å². The zero-order chi connectivity index (χ0) is 13.7. The van der Waals surface area contributed by atoms with Crippen LogP contribution in [0.2, 0.25) is 0 Å². The molecule has 1 aromatic rings. The van der Waals surface area contributed by atoms with Gasteiger partial charge in [0.15, 0.2) is 11.5 Å². The van der Waals surface area contributed by atoms with Crippen LogP contribution in [0.1, 0.15) is 37.3 Å². The van der Waals surface area contributed by atoms with Gasteiger partial charge >= 0.3 is 0 Å². The van der Waals surface area contributed by atoms with Crippen LogP contribution in [-0.4, -0.2) is 36.8 Å². The third-order valence-corrected chi connectivity index (χ3v) is 3.88. The van der Waals surface area contributed by atoms with Gasteiger partial charge in [0, 0.05) is 11.6 Å². The lowest BCUT2D eigenvalue weighted by atomic mass is 9.98. The molecule has 4 nitrogen and oxygen atoms in total. The lowest BCUT2D eigenvalue weighted by Gasteiger charge is -2.35. The van der Waals surface area contributed by atoms with Gasteiger partial charge in [-0.15, -0.1) is 0 Å². The third-order valence-electron chi connectivity index (χ3n) is 3.88. The van der Waals surface area contributed by atoms with Crippen molar-refractivity contribution in [3.05, 3.63) is 23.8 Å². The Kier molecular flexibility index (Phi) is 5.05. The van der Waals surface area contributed by atoms with Crippen molar-refractivity contribution in [1.29, 1.82) is 0 Å². The summed E-state index contributed by atoms with van der Waals surface area (Å²) in [6, 6.07) is 5.89. The number of nitrogens with zero attached hydrogens (tertiary/aromatic N) is 1. The number of benzene rings is 1. The number of nitrogens with two attached hydrogens (primary N) is 1. The van der Waals surface area contributed by atoms with Gasteiger partial charge in [0.05, 0.1) is 7.11 Å². The van der Waals surface area contributed by atoms with E-state index in [9.17, 15) is 5.11 Å². The van der Waals surface area contributed by atoms with Crippen LogP contribution in [0.3, 0.4) is 0 Å². The van der Waals surface area contributed by atoms with E-state index in [1.165, 1.54) is 19.3 Å².